The topological polar surface area (TPSA) is 29.5 Å². The SMILES string of the molecule is c1ccc(-c2ccc(N(c3ccc4oc5ccccc5c4c3)c3cc4ccccc4c4c3ccc3oc5ccccc5c34)cc2)cc1. The normalized spacial score (nSPS) is 11.8. The Kier molecular flexibility index (Phi) is 5.57. The highest BCUT2D eigenvalue weighted by Crippen LogP contribution is 2.47. The number of furan rings is 2. The molecule has 220 valence electrons. The number of hydrogen-bond acceptors (Lipinski definition) is 3. The number of hydrogen-bond donors (Lipinski definition) is 0. The van der Waals surface area contributed by atoms with Crippen molar-refractivity contribution in [1.82, 2.24) is 0 Å². The standard InChI is InChI=1S/C44H27NO2/c1-2-10-28(11-3-1)29-18-20-31(21-19-29)45(32-22-24-41-37(27-32)34-14-6-8-16-39(34)46-41)38-26-30-12-4-5-13-33(30)43-35(38)23-25-42-44(43)36-15-7-9-17-40(36)47-42/h1-27H. The van der Waals surface area contributed by atoms with Crippen molar-refractivity contribution in [3.8, 4) is 11.1 Å². The van der Waals surface area contributed by atoms with E-state index in [1.165, 1.54) is 27.3 Å². The summed E-state index contributed by atoms with van der Waals surface area (Å²) in [6.07, 6.45) is 0. The molecule has 0 aliphatic carbocycles. The van der Waals surface area contributed by atoms with Crippen molar-refractivity contribution in [2.24, 2.45) is 0 Å². The van der Waals surface area contributed by atoms with Crippen LogP contribution in [-0.2, 0) is 0 Å². The second-order valence-corrected chi connectivity index (χ2v) is 12.1. The zero-order valence-electron chi connectivity index (χ0n) is 25.4. The molecule has 0 radical (unpaired) electrons. The molecular formula is C44H27NO2. The predicted molar refractivity (Wildman–Crippen MR) is 196 cm³/mol. The van der Waals surface area contributed by atoms with Crippen molar-refractivity contribution in [2.45, 2.75) is 0 Å². The molecule has 3 nitrogen and oxygen atoms in total. The Balaban J connectivity index is 1.29. The maximum atomic E-state index is 6.39. The fourth-order valence-corrected chi connectivity index (χ4v) is 7.28. The lowest BCUT2D eigenvalue weighted by Gasteiger charge is -2.28. The van der Waals surface area contributed by atoms with Crippen LogP contribution in [0.5, 0.6) is 0 Å². The molecule has 0 saturated heterocycles. The first-order chi connectivity index (χ1) is 23.3. The van der Waals surface area contributed by atoms with Crippen molar-refractivity contribution in [1.29, 1.82) is 0 Å². The third-order valence-corrected chi connectivity index (χ3v) is 9.43. The third kappa shape index (κ3) is 4.00. The van der Waals surface area contributed by atoms with Gasteiger partial charge < -0.3 is 13.7 Å². The molecule has 0 fully saturated rings. The summed E-state index contributed by atoms with van der Waals surface area (Å²) in [5.74, 6) is 0. The molecule has 47 heavy (non-hydrogen) atoms. The van der Waals surface area contributed by atoms with E-state index in [9.17, 15) is 0 Å². The van der Waals surface area contributed by atoms with Gasteiger partial charge in [0.05, 0.1) is 5.69 Å². The van der Waals surface area contributed by atoms with Crippen LogP contribution in [0.2, 0.25) is 0 Å². The molecule has 0 bridgehead atoms. The Hall–Kier alpha value is -6.32. The first-order valence-corrected chi connectivity index (χ1v) is 15.9. The molecule has 0 N–H and O–H groups in total. The predicted octanol–water partition coefficient (Wildman–Crippen LogP) is 12.9. The number of rotatable bonds is 4. The van der Waals surface area contributed by atoms with Gasteiger partial charge in [-0.15, -0.1) is 0 Å². The molecule has 0 amide bonds. The molecule has 10 rings (SSSR count). The zero-order valence-corrected chi connectivity index (χ0v) is 25.4. The van der Waals surface area contributed by atoms with E-state index in [0.717, 1.165) is 66.3 Å². The zero-order chi connectivity index (χ0) is 30.9. The maximum Gasteiger partial charge on any atom is 0.136 e. The summed E-state index contributed by atoms with van der Waals surface area (Å²) in [5.41, 5.74) is 9.18. The van der Waals surface area contributed by atoms with Crippen molar-refractivity contribution < 1.29 is 8.83 Å². The van der Waals surface area contributed by atoms with Crippen LogP contribution in [0.15, 0.2) is 173 Å². The van der Waals surface area contributed by atoms with E-state index in [4.69, 9.17) is 8.83 Å². The second kappa shape index (κ2) is 10.1. The number of anilines is 3. The molecule has 0 spiro atoms. The average molecular weight is 602 g/mol. The van der Waals surface area contributed by atoms with Crippen molar-refractivity contribution in [3.05, 3.63) is 164 Å². The first-order valence-electron chi connectivity index (χ1n) is 15.9. The van der Waals surface area contributed by atoms with Crippen molar-refractivity contribution in [3.63, 3.8) is 0 Å². The van der Waals surface area contributed by atoms with Crippen LogP contribution in [-0.4, -0.2) is 0 Å². The van der Waals surface area contributed by atoms with E-state index < -0.39 is 0 Å². The highest BCUT2D eigenvalue weighted by Gasteiger charge is 2.21. The number of para-hydroxylation sites is 2. The molecule has 0 aliphatic rings. The van der Waals surface area contributed by atoms with Crippen LogP contribution in [0.4, 0.5) is 17.1 Å². The number of benzene rings is 8. The molecule has 2 heterocycles. The van der Waals surface area contributed by atoms with Gasteiger partial charge in [-0.25, -0.2) is 0 Å². The fourth-order valence-electron chi connectivity index (χ4n) is 7.28. The second-order valence-electron chi connectivity index (χ2n) is 12.1. The van der Waals surface area contributed by atoms with E-state index in [0.29, 0.717) is 0 Å². The fraction of sp³-hybridized carbons (Fsp3) is 0. The Labute approximate surface area is 270 Å². The molecule has 10 aromatic rings. The minimum atomic E-state index is 0.879. The third-order valence-electron chi connectivity index (χ3n) is 9.43. The van der Waals surface area contributed by atoms with E-state index in [1.807, 2.05) is 18.2 Å². The van der Waals surface area contributed by atoms with Crippen LogP contribution in [0.1, 0.15) is 0 Å². The van der Waals surface area contributed by atoms with Gasteiger partial charge in [-0.3, -0.25) is 0 Å². The summed E-state index contributed by atoms with van der Waals surface area (Å²) in [6, 6.07) is 57.9. The van der Waals surface area contributed by atoms with Crippen LogP contribution >= 0.6 is 0 Å². The summed E-state index contributed by atoms with van der Waals surface area (Å²) < 4.78 is 12.6. The molecule has 0 aliphatic heterocycles. The lowest BCUT2D eigenvalue weighted by atomic mass is 9.95. The highest BCUT2D eigenvalue weighted by atomic mass is 16.3. The van der Waals surface area contributed by atoms with E-state index in [-0.39, 0.29) is 0 Å². The largest absolute Gasteiger partial charge is 0.456 e. The molecule has 0 atom stereocenters. The minimum absolute atomic E-state index is 0.879. The molecule has 2 aromatic heterocycles. The Morgan fingerprint density at radius 1 is 0.340 bits per heavy atom. The van der Waals surface area contributed by atoms with Gasteiger partial charge in [-0.05, 0) is 82.6 Å². The van der Waals surface area contributed by atoms with Gasteiger partial charge in [0.1, 0.15) is 22.3 Å². The Morgan fingerprint density at radius 2 is 0.936 bits per heavy atom. The molecule has 0 saturated carbocycles. The van der Waals surface area contributed by atoms with Gasteiger partial charge >= 0.3 is 0 Å². The number of fused-ring (bicyclic) bond motifs is 10. The van der Waals surface area contributed by atoms with Crippen LogP contribution in [0.3, 0.4) is 0 Å². The van der Waals surface area contributed by atoms with E-state index in [2.05, 4.69) is 150 Å². The Morgan fingerprint density at radius 3 is 1.77 bits per heavy atom. The van der Waals surface area contributed by atoms with Gasteiger partial charge in [-0.1, -0.05) is 103 Å². The highest BCUT2D eigenvalue weighted by molar-refractivity contribution is 6.29. The lowest BCUT2D eigenvalue weighted by Crippen LogP contribution is -2.10. The average Bonchev–Trinajstić information content (AvgIpc) is 3.71. The molecule has 0 unspecified atom stereocenters. The first kappa shape index (κ1) is 26.0. The van der Waals surface area contributed by atoms with Gasteiger partial charge in [0.25, 0.3) is 0 Å². The molecular weight excluding hydrogens is 574 g/mol. The quantitative estimate of drug-likeness (QED) is 0.188. The van der Waals surface area contributed by atoms with Crippen molar-refractivity contribution in [2.75, 3.05) is 4.90 Å². The summed E-state index contributed by atoms with van der Waals surface area (Å²) in [6.45, 7) is 0. The molecule has 3 heteroatoms. The summed E-state index contributed by atoms with van der Waals surface area (Å²) in [4.78, 5) is 2.39. The Bertz CT molecular complexity index is 2790. The summed E-state index contributed by atoms with van der Waals surface area (Å²) in [5, 5.41) is 9.21. The summed E-state index contributed by atoms with van der Waals surface area (Å²) >= 11 is 0. The monoisotopic (exact) mass is 601 g/mol. The van der Waals surface area contributed by atoms with E-state index >= 15 is 0 Å². The van der Waals surface area contributed by atoms with Gasteiger partial charge in [-0.2, -0.15) is 0 Å². The van der Waals surface area contributed by atoms with Crippen LogP contribution in [0, 0.1) is 0 Å². The maximum absolute atomic E-state index is 6.39. The smallest absolute Gasteiger partial charge is 0.136 e. The lowest BCUT2D eigenvalue weighted by molar-refractivity contribution is 0.668. The van der Waals surface area contributed by atoms with Crippen molar-refractivity contribution >= 4 is 82.5 Å². The minimum Gasteiger partial charge on any atom is -0.456 e. The van der Waals surface area contributed by atoms with E-state index in [1.54, 1.807) is 0 Å². The summed E-state index contributed by atoms with van der Waals surface area (Å²) in [7, 11) is 0. The van der Waals surface area contributed by atoms with Gasteiger partial charge in [0, 0.05) is 43.7 Å². The molecule has 8 aromatic carbocycles. The number of nitrogens with zero attached hydrogens (tertiary/aromatic N) is 1. The van der Waals surface area contributed by atoms with Crippen LogP contribution in [0.25, 0.3) is 76.5 Å². The van der Waals surface area contributed by atoms with Gasteiger partial charge in [0.2, 0.25) is 0 Å². The van der Waals surface area contributed by atoms with Crippen LogP contribution < -0.4 is 4.90 Å². The van der Waals surface area contributed by atoms with Gasteiger partial charge in [0.15, 0.2) is 0 Å².